The Balaban J connectivity index is 2.77. The van der Waals surface area contributed by atoms with E-state index in [4.69, 9.17) is 0 Å². The van der Waals surface area contributed by atoms with Gasteiger partial charge in [-0.1, -0.05) is 13.1 Å². The molecule has 1 aromatic rings. The monoisotopic (exact) mass is 124 g/mol. The van der Waals surface area contributed by atoms with Gasteiger partial charge < -0.3 is 4.23 Å². The van der Waals surface area contributed by atoms with Crippen molar-refractivity contribution in [3.05, 3.63) is 24.5 Å². The van der Waals surface area contributed by atoms with Crippen molar-refractivity contribution in [1.29, 1.82) is 0 Å². The van der Waals surface area contributed by atoms with Gasteiger partial charge in [0.15, 0.2) is 8.96 Å². The molecule has 0 bridgehead atoms. The van der Waals surface area contributed by atoms with E-state index in [2.05, 4.69) is 41.9 Å². The lowest BCUT2D eigenvalue weighted by Crippen LogP contribution is -2.11. The van der Waals surface area contributed by atoms with Crippen LogP contribution < -0.4 is 0 Å². The predicted octanol–water partition coefficient (Wildman–Crippen LogP) is 1.59. The second-order valence-corrected chi connectivity index (χ2v) is 4.45. The summed E-state index contributed by atoms with van der Waals surface area (Å²) < 4.78 is 2.27. The summed E-state index contributed by atoms with van der Waals surface area (Å²) >= 11 is 0. The molecule has 1 aromatic heterocycles. The van der Waals surface area contributed by atoms with Gasteiger partial charge in [-0.15, -0.1) is 0 Å². The summed E-state index contributed by atoms with van der Waals surface area (Å²) in [5.74, 6) is 0. The summed E-state index contributed by atoms with van der Waals surface area (Å²) in [7, 11) is -0.253. The van der Waals surface area contributed by atoms with E-state index in [0.717, 1.165) is 0 Å². The molecule has 0 aliphatic heterocycles. The largest absolute Gasteiger partial charge is 0.381 e. The van der Waals surface area contributed by atoms with Crippen LogP contribution in [-0.2, 0) is 0 Å². The lowest BCUT2D eigenvalue weighted by molar-refractivity contribution is 1.20. The molecule has 0 unspecified atom stereocenters. The quantitative estimate of drug-likeness (QED) is 0.501. The van der Waals surface area contributed by atoms with Crippen LogP contribution in [0.1, 0.15) is 0 Å². The topological polar surface area (TPSA) is 4.93 Å². The van der Waals surface area contributed by atoms with E-state index >= 15 is 0 Å². The smallest absolute Gasteiger partial charge is 0.167 e. The molecule has 0 aromatic carbocycles. The van der Waals surface area contributed by atoms with E-state index in [0.29, 0.717) is 0 Å². The summed E-state index contributed by atoms with van der Waals surface area (Å²) in [5, 5.41) is 0. The van der Waals surface area contributed by atoms with Gasteiger partial charge in [0.1, 0.15) is 0 Å². The van der Waals surface area contributed by atoms with E-state index in [1.54, 1.807) is 0 Å². The van der Waals surface area contributed by atoms with Crippen LogP contribution in [0, 0.1) is 0 Å². The van der Waals surface area contributed by atoms with Crippen LogP contribution in [0.15, 0.2) is 24.5 Å². The highest BCUT2D eigenvalue weighted by molar-refractivity contribution is 6.53. The van der Waals surface area contributed by atoms with Crippen LogP contribution in [0.2, 0.25) is 13.1 Å². The van der Waals surface area contributed by atoms with Crippen molar-refractivity contribution in [1.82, 2.24) is 4.23 Å². The molecule has 1 rings (SSSR count). The predicted molar refractivity (Wildman–Crippen MR) is 37.3 cm³/mol. The van der Waals surface area contributed by atoms with Gasteiger partial charge in [-0.2, -0.15) is 0 Å². The summed E-state index contributed by atoms with van der Waals surface area (Å²) in [6.07, 6.45) is 4.24. The third kappa shape index (κ3) is 1.01. The molecule has 2 heteroatoms. The van der Waals surface area contributed by atoms with Gasteiger partial charge in [-0.05, 0) is 24.5 Å². The first-order valence-electron chi connectivity index (χ1n) is 2.74. The maximum atomic E-state index is 2.27. The normalized spacial score (nSPS) is 10.4. The number of nitrogens with zero attached hydrogens (tertiary/aromatic N) is 1. The van der Waals surface area contributed by atoms with Crippen molar-refractivity contribution >= 4 is 8.96 Å². The number of hydrogen-bond acceptors (Lipinski definition) is 0. The van der Waals surface area contributed by atoms with E-state index in [-0.39, 0.29) is 8.96 Å². The van der Waals surface area contributed by atoms with E-state index < -0.39 is 0 Å². The fourth-order valence-electron chi connectivity index (χ4n) is 0.633. The minimum Gasteiger partial charge on any atom is -0.381 e. The van der Waals surface area contributed by atoms with Crippen molar-refractivity contribution in [3.8, 4) is 0 Å². The van der Waals surface area contributed by atoms with Gasteiger partial charge in [0.2, 0.25) is 0 Å². The molecule has 0 spiro atoms. The van der Waals surface area contributed by atoms with Crippen molar-refractivity contribution < 1.29 is 0 Å². The van der Waals surface area contributed by atoms with Crippen LogP contribution >= 0.6 is 0 Å². The summed E-state index contributed by atoms with van der Waals surface area (Å²) in [4.78, 5) is 0. The van der Waals surface area contributed by atoms with Gasteiger partial charge >= 0.3 is 0 Å². The van der Waals surface area contributed by atoms with Crippen LogP contribution in [0.4, 0.5) is 0 Å². The molecule has 43 valence electrons. The van der Waals surface area contributed by atoms with Gasteiger partial charge in [-0.25, -0.2) is 0 Å². The highest BCUT2D eigenvalue weighted by Gasteiger charge is 1.93. The highest BCUT2D eigenvalue weighted by Crippen LogP contribution is 1.90. The molecule has 0 saturated heterocycles. The second-order valence-electron chi connectivity index (χ2n) is 2.04. The SMILES string of the molecule is C[Si](C)n1cccc1. The number of rotatable bonds is 1. The Kier molecular flexibility index (Phi) is 1.53. The Hall–Kier alpha value is -0.503. The molecular weight excluding hydrogens is 114 g/mol. The van der Waals surface area contributed by atoms with Gasteiger partial charge in [0.25, 0.3) is 0 Å². The maximum Gasteiger partial charge on any atom is 0.167 e. The molecule has 1 radical (unpaired) electrons. The first-order chi connectivity index (χ1) is 3.80. The van der Waals surface area contributed by atoms with Crippen molar-refractivity contribution in [2.45, 2.75) is 13.1 Å². The number of hydrogen-bond donors (Lipinski definition) is 0. The molecule has 0 amide bonds. The van der Waals surface area contributed by atoms with Crippen molar-refractivity contribution in [3.63, 3.8) is 0 Å². The Labute approximate surface area is 51.6 Å². The fraction of sp³-hybridized carbons (Fsp3) is 0.333. The molecule has 0 atom stereocenters. The van der Waals surface area contributed by atoms with Crippen LogP contribution in [0.3, 0.4) is 0 Å². The standard InChI is InChI=1S/C6H10NSi/c1-8(2)7-5-3-4-6-7/h3-6H,1-2H3. The van der Waals surface area contributed by atoms with Gasteiger partial charge in [0.05, 0.1) is 0 Å². The molecular formula is C6H10NSi. The molecule has 1 heterocycles. The first-order valence-corrected chi connectivity index (χ1v) is 5.19. The van der Waals surface area contributed by atoms with Gasteiger partial charge in [-0.3, -0.25) is 0 Å². The molecule has 0 aliphatic rings. The minimum atomic E-state index is -0.253. The molecule has 1 nitrogen and oxygen atoms in total. The average Bonchev–Trinajstić information content (AvgIpc) is 2.12. The van der Waals surface area contributed by atoms with E-state index in [9.17, 15) is 0 Å². The zero-order chi connectivity index (χ0) is 5.98. The van der Waals surface area contributed by atoms with E-state index in [1.807, 2.05) is 0 Å². The maximum absolute atomic E-state index is 2.27. The number of aromatic nitrogens is 1. The minimum absolute atomic E-state index is 0.253. The first kappa shape index (κ1) is 5.63. The zero-order valence-corrected chi connectivity index (χ0v) is 6.26. The van der Waals surface area contributed by atoms with Gasteiger partial charge in [0, 0.05) is 0 Å². The lowest BCUT2D eigenvalue weighted by Gasteiger charge is -2.01. The Morgan fingerprint density at radius 3 is 1.88 bits per heavy atom. The zero-order valence-electron chi connectivity index (χ0n) is 5.26. The highest BCUT2D eigenvalue weighted by atomic mass is 28.3. The molecule has 8 heavy (non-hydrogen) atoms. The Morgan fingerprint density at radius 2 is 1.62 bits per heavy atom. The van der Waals surface area contributed by atoms with Crippen molar-refractivity contribution in [2.75, 3.05) is 0 Å². The molecule has 0 aliphatic carbocycles. The Morgan fingerprint density at radius 1 is 1.12 bits per heavy atom. The summed E-state index contributed by atoms with van der Waals surface area (Å²) in [6, 6.07) is 4.13. The second kappa shape index (κ2) is 2.18. The summed E-state index contributed by atoms with van der Waals surface area (Å²) in [6.45, 7) is 4.54. The molecule has 0 fully saturated rings. The molecule has 0 saturated carbocycles. The lowest BCUT2D eigenvalue weighted by atomic mass is 10.7. The van der Waals surface area contributed by atoms with Crippen molar-refractivity contribution in [2.24, 2.45) is 0 Å². The third-order valence-corrected chi connectivity index (χ3v) is 2.45. The summed E-state index contributed by atoms with van der Waals surface area (Å²) in [5.41, 5.74) is 0. The molecule has 0 N–H and O–H groups in total. The third-order valence-electron chi connectivity index (χ3n) is 1.12. The van der Waals surface area contributed by atoms with Crippen LogP contribution in [0.5, 0.6) is 0 Å². The van der Waals surface area contributed by atoms with Crippen LogP contribution in [-0.4, -0.2) is 13.2 Å². The fourth-order valence-corrected chi connectivity index (χ4v) is 1.40. The van der Waals surface area contributed by atoms with Crippen LogP contribution in [0.25, 0.3) is 0 Å². The van der Waals surface area contributed by atoms with E-state index in [1.165, 1.54) is 0 Å². The Bertz CT molecular complexity index is 144. The average molecular weight is 124 g/mol.